The van der Waals surface area contributed by atoms with E-state index in [0.717, 1.165) is 33.4 Å². The maximum Gasteiger partial charge on any atom is 0.178 e. The van der Waals surface area contributed by atoms with Crippen LogP contribution in [-0.4, -0.2) is 15.0 Å². The summed E-state index contributed by atoms with van der Waals surface area (Å²) in [7, 11) is 0. The van der Waals surface area contributed by atoms with Crippen LogP contribution < -0.4 is 9.47 Å². The van der Waals surface area contributed by atoms with Crippen LogP contribution in [0.5, 0.6) is 23.0 Å². The highest BCUT2D eigenvalue weighted by Crippen LogP contribution is 2.58. The first-order valence-electron chi connectivity index (χ1n) is 17.9. The maximum absolute atomic E-state index is 6.68. The highest BCUT2D eigenvalue weighted by Gasteiger charge is 2.39. The lowest BCUT2D eigenvalue weighted by atomic mass is 9.82. The molecule has 0 bridgehead atoms. The Balaban J connectivity index is 1.04. The van der Waals surface area contributed by atoms with E-state index in [1.165, 1.54) is 43.6 Å². The maximum atomic E-state index is 6.68. The van der Waals surface area contributed by atoms with Crippen molar-refractivity contribution < 1.29 is 9.47 Å². The molecule has 0 amide bonds. The SMILES string of the molecule is CC1(C)c2ccccc2-c2c1ccc1c2Oc2ccc(-c3nc(-c4ccccc4)nc(-c4ccc5c6ccccc6c6ccccc6c5c4)n3)cc2O1. The predicted octanol–water partition coefficient (Wildman–Crippen LogP) is 12.5. The van der Waals surface area contributed by atoms with Crippen LogP contribution in [0, 0.1) is 0 Å². The molecule has 9 aromatic rings. The van der Waals surface area contributed by atoms with Gasteiger partial charge in [0.05, 0.1) is 0 Å². The molecule has 0 fully saturated rings. The topological polar surface area (TPSA) is 57.1 Å². The third kappa shape index (κ3) is 4.47. The van der Waals surface area contributed by atoms with Gasteiger partial charge in [-0.1, -0.05) is 135 Å². The second-order valence-corrected chi connectivity index (χ2v) is 14.4. The largest absolute Gasteiger partial charge is 0.449 e. The molecule has 0 N–H and O–H groups in total. The van der Waals surface area contributed by atoms with Crippen molar-refractivity contribution in [2.24, 2.45) is 0 Å². The Labute approximate surface area is 306 Å². The summed E-state index contributed by atoms with van der Waals surface area (Å²) >= 11 is 0. The summed E-state index contributed by atoms with van der Waals surface area (Å²) in [5.41, 5.74) is 7.33. The molecule has 0 saturated heterocycles. The Hall–Kier alpha value is -6.85. The first-order valence-corrected chi connectivity index (χ1v) is 17.9. The number of ether oxygens (including phenoxy) is 2. The van der Waals surface area contributed by atoms with Gasteiger partial charge >= 0.3 is 0 Å². The van der Waals surface area contributed by atoms with Gasteiger partial charge in [-0.25, -0.2) is 15.0 Å². The first kappa shape index (κ1) is 29.8. The summed E-state index contributed by atoms with van der Waals surface area (Å²) < 4.78 is 13.3. The standard InChI is InChI=1S/C48H31N3O2/c1-48(2)38-19-11-10-18-36(38)43-39(48)23-25-41-44(43)53-40-24-21-30(27-42(40)52-41)47-50-45(28-12-4-3-5-13-28)49-46(51-47)29-20-22-35-33-16-7-6-14-31(33)32-15-8-9-17-34(32)37(35)26-29/h3-27H,1-2H3. The molecular weight excluding hydrogens is 651 g/mol. The molecule has 53 heavy (non-hydrogen) atoms. The molecule has 0 saturated carbocycles. The minimum absolute atomic E-state index is 0.132. The van der Waals surface area contributed by atoms with E-state index in [1.54, 1.807) is 0 Å². The molecule has 8 aromatic carbocycles. The zero-order valence-electron chi connectivity index (χ0n) is 29.1. The molecule has 0 unspecified atom stereocenters. The lowest BCUT2D eigenvalue weighted by Crippen LogP contribution is -2.15. The van der Waals surface area contributed by atoms with E-state index < -0.39 is 0 Å². The van der Waals surface area contributed by atoms with Gasteiger partial charge in [-0.05, 0) is 79.3 Å². The fraction of sp³-hybridized carbons (Fsp3) is 0.0625. The fourth-order valence-electron chi connectivity index (χ4n) is 8.36. The molecule has 5 nitrogen and oxygen atoms in total. The Morgan fingerprint density at radius 1 is 0.396 bits per heavy atom. The quantitative estimate of drug-likeness (QED) is 0.174. The lowest BCUT2D eigenvalue weighted by Gasteiger charge is -2.25. The van der Waals surface area contributed by atoms with Crippen LogP contribution in [0.1, 0.15) is 25.0 Å². The Morgan fingerprint density at radius 3 is 1.66 bits per heavy atom. The van der Waals surface area contributed by atoms with Crippen LogP contribution >= 0.6 is 0 Å². The second kappa shape index (κ2) is 11.1. The van der Waals surface area contributed by atoms with Gasteiger partial charge in [0.1, 0.15) is 0 Å². The van der Waals surface area contributed by atoms with Gasteiger partial charge < -0.3 is 9.47 Å². The van der Waals surface area contributed by atoms with Crippen molar-refractivity contribution in [3.63, 3.8) is 0 Å². The number of benzene rings is 8. The van der Waals surface area contributed by atoms with E-state index in [9.17, 15) is 0 Å². The van der Waals surface area contributed by atoms with Crippen molar-refractivity contribution in [1.29, 1.82) is 0 Å². The van der Waals surface area contributed by atoms with E-state index >= 15 is 0 Å². The van der Waals surface area contributed by atoms with Gasteiger partial charge in [0.25, 0.3) is 0 Å². The average molecular weight is 682 g/mol. The molecule has 1 aromatic heterocycles. The van der Waals surface area contributed by atoms with Gasteiger partial charge in [-0.2, -0.15) is 0 Å². The molecule has 0 atom stereocenters. The van der Waals surface area contributed by atoms with E-state index in [2.05, 4.69) is 111 Å². The van der Waals surface area contributed by atoms with Crippen molar-refractivity contribution in [1.82, 2.24) is 15.0 Å². The Kier molecular flexibility index (Phi) is 6.23. The van der Waals surface area contributed by atoms with Crippen molar-refractivity contribution in [2.45, 2.75) is 19.3 Å². The summed E-state index contributed by atoms with van der Waals surface area (Å²) in [5, 5.41) is 7.26. The second-order valence-electron chi connectivity index (χ2n) is 14.4. The summed E-state index contributed by atoms with van der Waals surface area (Å²) in [6.07, 6.45) is 0. The molecule has 2 heterocycles. The van der Waals surface area contributed by atoms with Crippen molar-refractivity contribution in [3.8, 4) is 68.3 Å². The van der Waals surface area contributed by atoms with Crippen LogP contribution in [0.4, 0.5) is 0 Å². The van der Waals surface area contributed by atoms with Crippen LogP contribution in [0.3, 0.4) is 0 Å². The van der Waals surface area contributed by atoms with Gasteiger partial charge in [-0.3, -0.25) is 0 Å². The molecular formula is C48H31N3O2. The van der Waals surface area contributed by atoms with Gasteiger partial charge in [0.15, 0.2) is 40.5 Å². The number of hydrogen-bond acceptors (Lipinski definition) is 5. The zero-order chi connectivity index (χ0) is 35.3. The molecule has 5 heteroatoms. The smallest absolute Gasteiger partial charge is 0.178 e. The van der Waals surface area contributed by atoms with Crippen LogP contribution in [0.15, 0.2) is 152 Å². The molecule has 0 radical (unpaired) electrons. The monoisotopic (exact) mass is 681 g/mol. The molecule has 2 aliphatic rings. The van der Waals surface area contributed by atoms with Crippen molar-refractivity contribution >= 4 is 32.3 Å². The fourth-order valence-corrected chi connectivity index (χ4v) is 8.36. The summed E-state index contributed by atoms with van der Waals surface area (Å²) in [5.74, 6) is 4.48. The molecule has 1 aliphatic heterocycles. The third-order valence-electron chi connectivity index (χ3n) is 11.0. The average Bonchev–Trinajstić information content (AvgIpc) is 3.46. The van der Waals surface area contributed by atoms with E-state index in [0.29, 0.717) is 34.7 Å². The molecule has 0 spiro atoms. The Morgan fingerprint density at radius 2 is 0.943 bits per heavy atom. The molecule has 11 rings (SSSR count). The summed E-state index contributed by atoms with van der Waals surface area (Å²) in [6, 6.07) is 52.5. The van der Waals surface area contributed by atoms with E-state index in [1.807, 2.05) is 54.6 Å². The lowest BCUT2D eigenvalue weighted by molar-refractivity contribution is 0.360. The van der Waals surface area contributed by atoms with Gasteiger partial charge in [0, 0.05) is 27.7 Å². The molecule has 250 valence electrons. The summed E-state index contributed by atoms with van der Waals surface area (Å²) in [6.45, 7) is 4.53. The number of rotatable bonds is 3. The third-order valence-corrected chi connectivity index (χ3v) is 11.0. The Bertz CT molecular complexity index is 2950. The minimum atomic E-state index is -0.132. The zero-order valence-corrected chi connectivity index (χ0v) is 29.1. The first-order chi connectivity index (χ1) is 26.0. The summed E-state index contributed by atoms with van der Waals surface area (Å²) in [4.78, 5) is 15.2. The number of fused-ring (bicyclic) bond motifs is 12. The molecule has 1 aliphatic carbocycles. The minimum Gasteiger partial charge on any atom is -0.449 e. The van der Waals surface area contributed by atoms with Crippen molar-refractivity contribution in [3.05, 3.63) is 163 Å². The highest BCUT2D eigenvalue weighted by molar-refractivity contribution is 6.25. The van der Waals surface area contributed by atoms with Crippen LogP contribution in [0.25, 0.3) is 77.6 Å². The highest BCUT2D eigenvalue weighted by atomic mass is 16.6. The van der Waals surface area contributed by atoms with Gasteiger partial charge in [-0.15, -0.1) is 0 Å². The predicted molar refractivity (Wildman–Crippen MR) is 213 cm³/mol. The number of hydrogen-bond donors (Lipinski definition) is 0. The van der Waals surface area contributed by atoms with Crippen LogP contribution in [-0.2, 0) is 5.41 Å². The van der Waals surface area contributed by atoms with E-state index in [4.69, 9.17) is 24.4 Å². The normalized spacial score (nSPS) is 13.5. The van der Waals surface area contributed by atoms with Crippen LogP contribution in [0.2, 0.25) is 0 Å². The van der Waals surface area contributed by atoms with E-state index in [-0.39, 0.29) is 5.41 Å². The van der Waals surface area contributed by atoms with Crippen molar-refractivity contribution in [2.75, 3.05) is 0 Å². The number of aromatic nitrogens is 3. The number of nitrogens with zero attached hydrogens (tertiary/aromatic N) is 3. The van der Waals surface area contributed by atoms with Gasteiger partial charge in [0.2, 0.25) is 0 Å².